The number of unbranched alkanes of at least 4 members (excludes halogenated alkanes) is 2. The fraction of sp³-hybridized carbons (Fsp3) is 0.400. The summed E-state index contributed by atoms with van der Waals surface area (Å²) in [6, 6.07) is 8.37. The lowest BCUT2D eigenvalue weighted by molar-refractivity contribution is 0.527. The van der Waals surface area contributed by atoms with Gasteiger partial charge in [0.2, 0.25) is 0 Å². The van der Waals surface area contributed by atoms with E-state index in [4.69, 9.17) is 0 Å². The van der Waals surface area contributed by atoms with E-state index in [-0.39, 0.29) is 0 Å². The molecule has 1 aromatic carbocycles. The number of imidazole rings is 1. The standard InChI is InChI=1S/C20H22Br2N4/c21-14-11-15-13(8-10-23-19(15)16(22)12-14)5-2-1-3-7-18-25-17-6-4-9-24-20(17)26-18/h4,6,9,11-13,23H,1-3,5,7-8,10H2,(H,24,25,26)/t13-/m1/s1. The molecule has 0 bridgehead atoms. The average molecular weight is 478 g/mol. The number of fused-ring (bicyclic) bond motifs is 2. The lowest BCUT2D eigenvalue weighted by Crippen LogP contribution is -2.17. The molecule has 0 radical (unpaired) electrons. The largest absolute Gasteiger partial charge is 0.384 e. The van der Waals surface area contributed by atoms with Crippen molar-refractivity contribution in [3.8, 4) is 0 Å². The van der Waals surface area contributed by atoms with Gasteiger partial charge < -0.3 is 10.3 Å². The summed E-state index contributed by atoms with van der Waals surface area (Å²) in [5.74, 6) is 1.70. The molecule has 1 aliphatic heterocycles. The fourth-order valence-corrected chi connectivity index (χ4v) is 5.20. The van der Waals surface area contributed by atoms with Gasteiger partial charge in [-0.1, -0.05) is 28.8 Å². The molecule has 0 saturated carbocycles. The molecule has 0 unspecified atom stereocenters. The molecule has 0 fully saturated rings. The smallest absolute Gasteiger partial charge is 0.177 e. The van der Waals surface area contributed by atoms with Gasteiger partial charge in [0.15, 0.2) is 5.65 Å². The van der Waals surface area contributed by atoms with Crippen LogP contribution < -0.4 is 5.32 Å². The van der Waals surface area contributed by atoms with Crippen LogP contribution in [-0.4, -0.2) is 21.5 Å². The highest BCUT2D eigenvalue weighted by atomic mass is 79.9. The third kappa shape index (κ3) is 3.96. The molecular weight excluding hydrogens is 456 g/mol. The third-order valence-corrected chi connectivity index (χ3v) is 6.18. The number of nitrogens with zero attached hydrogens (tertiary/aromatic N) is 2. The highest BCUT2D eigenvalue weighted by molar-refractivity contribution is 9.11. The van der Waals surface area contributed by atoms with E-state index in [1.165, 1.54) is 43.4 Å². The monoisotopic (exact) mass is 476 g/mol. The number of halogens is 2. The number of H-pyrrole nitrogens is 1. The van der Waals surface area contributed by atoms with Crippen LogP contribution in [0.5, 0.6) is 0 Å². The summed E-state index contributed by atoms with van der Waals surface area (Å²) in [5.41, 5.74) is 4.58. The maximum atomic E-state index is 4.56. The van der Waals surface area contributed by atoms with Gasteiger partial charge >= 0.3 is 0 Å². The van der Waals surface area contributed by atoms with Crippen molar-refractivity contribution >= 4 is 48.7 Å². The minimum Gasteiger partial charge on any atom is -0.384 e. The number of aryl methyl sites for hydroxylation is 1. The first-order chi connectivity index (χ1) is 12.7. The van der Waals surface area contributed by atoms with Gasteiger partial charge in [-0.2, -0.15) is 0 Å². The van der Waals surface area contributed by atoms with Gasteiger partial charge in [-0.15, -0.1) is 0 Å². The van der Waals surface area contributed by atoms with E-state index in [9.17, 15) is 0 Å². The minimum absolute atomic E-state index is 0.649. The topological polar surface area (TPSA) is 53.6 Å². The molecule has 4 rings (SSSR count). The van der Waals surface area contributed by atoms with E-state index in [1.807, 2.05) is 12.1 Å². The number of pyridine rings is 1. The molecule has 2 N–H and O–H groups in total. The van der Waals surface area contributed by atoms with Crippen LogP contribution in [-0.2, 0) is 6.42 Å². The predicted molar refractivity (Wildman–Crippen MR) is 114 cm³/mol. The zero-order chi connectivity index (χ0) is 17.9. The lowest BCUT2D eigenvalue weighted by Gasteiger charge is -2.28. The Hall–Kier alpha value is -1.40. The van der Waals surface area contributed by atoms with Crippen LogP contribution in [0.3, 0.4) is 0 Å². The van der Waals surface area contributed by atoms with Gasteiger partial charge in [0, 0.05) is 28.1 Å². The molecule has 0 amide bonds. The van der Waals surface area contributed by atoms with Gasteiger partial charge in [0.05, 0.1) is 11.2 Å². The van der Waals surface area contributed by atoms with Crippen molar-refractivity contribution in [2.75, 3.05) is 11.9 Å². The molecule has 2 aromatic heterocycles. The van der Waals surface area contributed by atoms with Crippen LogP contribution >= 0.6 is 31.9 Å². The van der Waals surface area contributed by atoms with Crippen molar-refractivity contribution in [2.45, 2.75) is 44.4 Å². The molecule has 26 heavy (non-hydrogen) atoms. The summed E-state index contributed by atoms with van der Waals surface area (Å²) in [6.07, 6.45) is 8.91. The van der Waals surface area contributed by atoms with Crippen LogP contribution in [0.4, 0.5) is 5.69 Å². The Balaban J connectivity index is 1.29. The Labute approximate surface area is 170 Å². The van der Waals surface area contributed by atoms with Crippen LogP contribution in [0, 0.1) is 0 Å². The highest BCUT2D eigenvalue weighted by Gasteiger charge is 2.22. The van der Waals surface area contributed by atoms with E-state index in [1.54, 1.807) is 6.20 Å². The summed E-state index contributed by atoms with van der Waals surface area (Å²) >= 11 is 7.31. The number of aromatic nitrogens is 3. The highest BCUT2D eigenvalue weighted by Crippen LogP contribution is 2.41. The summed E-state index contributed by atoms with van der Waals surface area (Å²) in [6.45, 7) is 1.06. The summed E-state index contributed by atoms with van der Waals surface area (Å²) in [7, 11) is 0. The molecule has 0 aliphatic carbocycles. The summed E-state index contributed by atoms with van der Waals surface area (Å²) in [4.78, 5) is 12.2. The van der Waals surface area contributed by atoms with E-state index >= 15 is 0 Å². The van der Waals surface area contributed by atoms with E-state index in [0.717, 1.165) is 38.9 Å². The normalized spacial score (nSPS) is 16.5. The number of hydrogen-bond acceptors (Lipinski definition) is 3. The Morgan fingerprint density at radius 1 is 1.15 bits per heavy atom. The Morgan fingerprint density at radius 3 is 2.96 bits per heavy atom. The van der Waals surface area contributed by atoms with Crippen molar-refractivity contribution < 1.29 is 0 Å². The Morgan fingerprint density at radius 2 is 2.08 bits per heavy atom. The molecule has 3 aromatic rings. The van der Waals surface area contributed by atoms with Gasteiger partial charge in [0.1, 0.15) is 5.82 Å². The van der Waals surface area contributed by atoms with Gasteiger partial charge in [0.25, 0.3) is 0 Å². The molecule has 136 valence electrons. The van der Waals surface area contributed by atoms with Crippen molar-refractivity contribution in [3.63, 3.8) is 0 Å². The molecule has 6 heteroatoms. The summed E-state index contributed by atoms with van der Waals surface area (Å²) in [5, 5.41) is 3.54. The lowest BCUT2D eigenvalue weighted by atomic mass is 9.87. The number of benzene rings is 1. The second kappa shape index (κ2) is 8.09. The number of hydrogen-bond donors (Lipinski definition) is 2. The first kappa shape index (κ1) is 18.0. The van der Waals surface area contributed by atoms with Crippen LogP contribution in [0.1, 0.15) is 49.4 Å². The molecule has 0 spiro atoms. The zero-order valence-corrected chi connectivity index (χ0v) is 17.7. The number of aromatic amines is 1. The molecule has 0 saturated heterocycles. The number of anilines is 1. The number of nitrogens with one attached hydrogen (secondary N) is 2. The fourth-order valence-electron chi connectivity index (χ4n) is 3.80. The van der Waals surface area contributed by atoms with Crippen LogP contribution in [0.25, 0.3) is 11.2 Å². The SMILES string of the molecule is Brc1cc(Br)c2c(c1)[C@H](CCCCCc1nc3ncccc3[nH]1)CCN2. The van der Waals surface area contributed by atoms with Crippen molar-refractivity contribution in [2.24, 2.45) is 0 Å². The van der Waals surface area contributed by atoms with E-state index < -0.39 is 0 Å². The molecule has 1 aliphatic rings. The molecule has 4 nitrogen and oxygen atoms in total. The molecule has 1 atom stereocenters. The maximum Gasteiger partial charge on any atom is 0.177 e. The minimum atomic E-state index is 0.649. The third-order valence-electron chi connectivity index (χ3n) is 5.09. The van der Waals surface area contributed by atoms with Crippen LogP contribution in [0.2, 0.25) is 0 Å². The molecule has 3 heterocycles. The van der Waals surface area contributed by atoms with E-state index in [0.29, 0.717) is 5.92 Å². The zero-order valence-electron chi connectivity index (χ0n) is 14.6. The maximum absolute atomic E-state index is 4.56. The van der Waals surface area contributed by atoms with Crippen molar-refractivity contribution in [1.82, 2.24) is 15.0 Å². The van der Waals surface area contributed by atoms with Gasteiger partial charge in [-0.05, 0) is 70.9 Å². The summed E-state index contributed by atoms with van der Waals surface area (Å²) < 4.78 is 2.31. The molecular formula is C20H22Br2N4. The van der Waals surface area contributed by atoms with Crippen molar-refractivity contribution in [3.05, 3.63) is 50.8 Å². The average Bonchev–Trinajstić information content (AvgIpc) is 3.04. The van der Waals surface area contributed by atoms with Crippen LogP contribution in [0.15, 0.2) is 39.4 Å². The Kier molecular flexibility index (Phi) is 5.60. The first-order valence-corrected chi connectivity index (χ1v) is 10.8. The number of rotatable bonds is 6. The first-order valence-electron chi connectivity index (χ1n) is 9.23. The van der Waals surface area contributed by atoms with E-state index in [2.05, 4.69) is 64.3 Å². The second-order valence-electron chi connectivity index (χ2n) is 6.92. The van der Waals surface area contributed by atoms with Gasteiger partial charge in [-0.25, -0.2) is 9.97 Å². The van der Waals surface area contributed by atoms with Gasteiger partial charge in [-0.3, -0.25) is 0 Å². The second-order valence-corrected chi connectivity index (χ2v) is 8.69. The predicted octanol–water partition coefficient (Wildman–Crippen LogP) is 6.19. The Bertz CT molecular complexity index is 873. The van der Waals surface area contributed by atoms with Crippen molar-refractivity contribution in [1.29, 1.82) is 0 Å². The quantitative estimate of drug-likeness (QED) is 0.416.